The van der Waals surface area contributed by atoms with Gasteiger partial charge in [0.2, 0.25) is 5.91 Å². The molecule has 0 atom stereocenters. The number of allylic oxidation sites excluding steroid dienone is 1. The average molecular weight is 531 g/mol. The van der Waals surface area contributed by atoms with Gasteiger partial charge in [-0.25, -0.2) is 4.79 Å². The average Bonchev–Trinajstić information content (AvgIpc) is 2.91. The van der Waals surface area contributed by atoms with Gasteiger partial charge >= 0.3 is 6.03 Å². The number of hydrogen-bond donors (Lipinski definition) is 0. The Kier molecular flexibility index (Phi) is 8.26. The molecule has 7 heteroatoms. The highest BCUT2D eigenvalue weighted by Crippen LogP contribution is 2.33. The number of aryl methyl sites for hydroxylation is 1. The molecule has 3 saturated heterocycles. The van der Waals surface area contributed by atoms with E-state index in [0.717, 1.165) is 48.0 Å². The SMILES string of the molecule is CC/C=C(\C)C1CN(C2CCN(c3ccc(N4CCC(=O)N(Cc5ccc(OC)cc5)C4=O)c(C)c3)CC2)C1. The summed E-state index contributed by atoms with van der Waals surface area (Å²) in [6.45, 7) is 11.8. The van der Waals surface area contributed by atoms with Crippen LogP contribution < -0.4 is 14.5 Å². The Labute approximate surface area is 233 Å². The van der Waals surface area contributed by atoms with E-state index >= 15 is 0 Å². The number of urea groups is 1. The van der Waals surface area contributed by atoms with Gasteiger partial charge in [-0.3, -0.25) is 19.5 Å². The Morgan fingerprint density at radius 1 is 1.03 bits per heavy atom. The summed E-state index contributed by atoms with van der Waals surface area (Å²) in [4.78, 5) is 34.4. The fourth-order valence-electron chi connectivity index (χ4n) is 6.20. The third kappa shape index (κ3) is 5.83. The summed E-state index contributed by atoms with van der Waals surface area (Å²) in [6.07, 6.45) is 6.21. The Morgan fingerprint density at radius 3 is 2.38 bits per heavy atom. The zero-order chi connectivity index (χ0) is 27.5. The van der Waals surface area contributed by atoms with E-state index in [4.69, 9.17) is 4.74 Å². The van der Waals surface area contributed by atoms with Gasteiger partial charge in [0.15, 0.2) is 0 Å². The van der Waals surface area contributed by atoms with Crippen LogP contribution in [0.3, 0.4) is 0 Å². The summed E-state index contributed by atoms with van der Waals surface area (Å²) in [5, 5.41) is 0. The highest BCUT2D eigenvalue weighted by molar-refractivity contribution is 6.06. The number of nitrogens with zero attached hydrogens (tertiary/aromatic N) is 4. The molecule has 3 fully saturated rings. The molecule has 0 bridgehead atoms. The van der Waals surface area contributed by atoms with E-state index in [-0.39, 0.29) is 18.5 Å². The highest BCUT2D eigenvalue weighted by Gasteiger charge is 2.36. The Bertz CT molecular complexity index is 1210. The molecule has 2 aromatic carbocycles. The zero-order valence-electron chi connectivity index (χ0n) is 23.9. The molecule has 0 saturated carbocycles. The molecule has 0 aliphatic carbocycles. The second-order valence-electron chi connectivity index (χ2n) is 11.2. The third-order valence-electron chi connectivity index (χ3n) is 8.71. The van der Waals surface area contributed by atoms with Crippen LogP contribution in [0.2, 0.25) is 0 Å². The Morgan fingerprint density at radius 2 is 1.74 bits per heavy atom. The molecule has 3 aliphatic rings. The van der Waals surface area contributed by atoms with Gasteiger partial charge in [-0.15, -0.1) is 0 Å². The number of anilines is 2. The molecule has 5 rings (SSSR count). The molecule has 3 heterocycles. The maximum Gasteiger partial charge on any atom is 0.331 e. The lowest BCUT2D eigenvalue weighted by molar-refractivity contribution is -0.129. The predicted octanol–water partition coefficient (Wildman–Crippen LogP) is 5.62. The van der Waals surface area contributed by atoms with Crippen molar-refractivity contribution in [2.24, 2.45) is 5.92 Å². The van der Waals surface area contributed by atoms with Crippen molar-refractivity contribution in [3.8, 4) is 5.75 Å². The Hall–Kier alpha value is -3.32. The van der Waals surface area contributed by atoms with E-state index in [1.54, 1.807) is 17.6 Å². The number of ether oxygens (including phenoxy) is 1. The van der Waals surface area contributed by atoms with Crippen molar-refractivity contribution in [2.45, 2.75) is 59.0 Å². The first-order chi connectivity index (χ1) is 18.9. The largest absolute Gasteiger partial charge is 0.497 e. The van der Waals surface area contributed by atoms with Crippen LogP contribution in [0.1, 0.15) is 50.7 Å². The molecule has 0 unspecified atom stereocenters. The molecule has 208 valence electrons. The van der Waals surface area contributed by atoms with Crippen LogP contribution in [0, 0.1) is 12.8 Å². The normalized spacial score (nSPS) is 20.0. The number of piperidine rings is 1. The minimum atomic E-state index is -0.254. The molecule has 0 radical (unpaired) electrons. The predicted molar refractivity (Wildman–Crippen MR) is 156 cm³/mol. The van der Waals surface area contributed by atoms with E-state index in [1.807, 2.05) is 24.3 Å². The van der Waals surface area contributed by atoms with Crippen LogP contribution in [0.5, 0.6) is 5.75 Å². The summed E-state index contributed by atoms with van der Waals surface area (Å²) in [5.74, 6) is 1.37. The van der Waals surface area contributed by atoms with Gasteiger partial charge in [-0.05, 0) is 74.6 Å². The first kappa shape index (κ1) is 27.3. The maximum atomic E-state index is 13.4. The number of carbonyl (C=O) groups excluding carboxylic acids is 2. The highest BCUT2D eigenvalue weighted by atomic mass is 16.5. The zero-order valence-corrected chi connectivity index (χ0v) is 23.9. The van der Waals surface area contributed by atoms with Crippen molar-refractivity contribution in [3.05, 3.63) is 65.2 Å². The summed E-state index contributed by atoms with van der Waals surface area (Å²) in [5.41, 5.74) is 5.62. The second-order valence-corrected chi connectivity index (χ2v) is 11.2. The summed E-state index contributed by atoms with van der Waals surface area (Å²) >= 11 is 0. The lowest BCUT2D eigenvalue weighted by Crippen LogP contribution is -2.55. The van der Waals surface area contributed by atoms with Crippen LogP contribution in [-0.4, -0.2) is 67.6 Å². The lowest BCUT2D eigenvalue weighted by Gasteiger charge is -2.48. The van der Waals surface area contributed by atoms with Crippen molar-refractivity contribution in [1.29, 1.82) is 0 Å². The number of rotatable bonds is 8. The third-order valence-corrected chi connectivity index (χ3v) is 8.71. The van der Waals surface area contributed by atoms with Gasteiger partial charge in [0.25, 0.3) is 0 Å². The van der Waals surface area contributed by atoms with Crippen molar-refractivity contribution in [2.75, 3.05) is 49.6 Å². The fraction of sp³-hybridized carbons (Fsp3) is 0.500. The van der Waals surface area contributed by atoms with E-state index in [2.05, 4.69) is 54.8 Å². The number of likely N-dealkylation sites (tertiary alicyclic amines) is 1. The standard InChI is InChI=1S/C32H42N4O3/c1-5-6-23(2)26-21-34(22-26)27-13-16-33(17-14-27)28-9-12-30(24(3)19-28)35-18-15-31(37)36(32(35)38)20-25-7-10-29(39-4)11-8-25/h6-12,19,26-27H,5,13-18,20-22H2,1-4H3/b23-6+. The minimum absolute atomic E-state index is 0.130. The molecule has 0 N–H and O–H groups in total. The molecule has 3 amide bonds. The quantitative estimate of drug-likeness (QED) is 0.415. The summed E-state index contributed by atoms with van der Waals surface area (Å²) in [7, 11) is 1.62. The molecule has 7 nitrogen and oxygen atoms in total. The number of hydrogen-bond acceptors (Lipinski definition) is 5. The number of carbonyl (C=O) groups is 2. The van der Waals surface area contributed by atoms with Crippen molar-refractivity contribution >= 4 is 23.3 Å². The van der Waals surface area contributed by atoms with Gasteiger partial charge in [0, 0.05) is 62.5 Å². The van der Waals surface area contributed by atoms with Gasteiger partial charge in [-0.1, -0.05) is 30.7 Å². The van der Waals surface area contributed by atoms with Gasteiger partial charge in [0.1, 0.15) is 5.75 Å². The van der Waals surface area contributed by atoms with E-state index in [0.29, 0.717) is 19.0 Å². The van der Waals surface area contributed by atoms with Crippen molar-refractivity contribution in [3.63, 3.8) is 0 Å². The smallest absolute Gasteiger partial charge is 0.331 e. The van der Waals surface area contributed by atoms with Gasteiger partial charge < -0.3 is 9.64 Å². The van der Waals surface area contributed by atoms with Crippen molar-refractivity contribution in [1.82, 2.24) is 9.80 Å². The molecule has 2 aromatic rings. The van der Waals surface area contributed by atoms with Crippen LogP contribution in [0.4, 0.5) is 16.2 Å². The number of amides is 3. The molecular weight excluding hydrogens is 488 g/mol. The van der Waals surface area contributed by atoms with Crippen LogP contribution in [-0.2, 0) is 11.3 Å². The minimum Gasteiger partial charge on any atom is -0.497 e. The molecule has 3 aliphatic heterocycles. The van der Waals surface area contributed by atoms with Crippen molar-refractivity contribution < 1.29 is 14.3 Å². The Balaban J connectivity index is 1.19. The van der Waals surface area contributed by atoms with E-state index in [9.17, 15) is 9.59 Å². The number of methoxy groups -OCH3 is 1. The van der Waals surface area contributed by atoms with E-state index < -0.39 is 0 Å². The molecule has 39 heavy (non-hydrogen) atoms. The van der Waals surface area contributed by atoms with Crippen LogP contribution in [0.25, 0.3) is 0 Å². The summed E-state index contributed by atoms with van der Waals surface area (Å²) < 4.78 is 5.22. The number of imide groups is 1. The van der Waals surface area contributed by atoms with Gasteiger partial charge in [0.05, 0.1) is 13.7 Å². The van der Waals surface area contributed by atoms with Crippen LogP contribution >= 0.6 is 0 Å². The monoisotopic (exact) mass is 530 g/mol. The lowest BCUT2D eigenvalue weighted by atomic mass is 9.88. The molecule has 0 spiro atoms. The van der Waals surface area contributed by atoms with E-state index in [1.165, 1.54) is 36.5 Å². The first-order valence-corrected chi connectivity index (χ1v) is 14.4. The van der Waals surface area contributed by atoms with Gasteiger partial charge in [-0.2, -0.15) is 0 Å². The molecule has 0 aromatic heterocycles. The van der Waals surface area contributed by atoms with Crippen LogP contribution in [0.15, 0.2) is 54.1 Å². The molecular formula is C32H42N4O3. The second kappa shape index (κ2) is 11.8. The fourth-order valence-corrected chi connectivity index (χ4v) is 6.20. The topological polar surface area (TPSA) is 56.3 Å². The summed E-state index contributed by atoms with van der Waals surface area (Å²) in [6, 6.07) is 14.3. The number of benzene rings is 2. The first-order valence-electron chi connectivity index (χ1n) is 14.4. The maximum absolute atomic E-state index is 13.4.